The van der Waals surface area contributed by atoms with Crippen LogP contribution >= 0.6 is 0 Å². The van der Waals surface area contributed by atoms with Crippen LogP contribution < -0.4 is 16.8 Å². The third-order valence-corrected chi connectivity index (χ3v) is 3.38. The van der Waals surface area contributed by atoms with Gasteiger partial charge in [-0.25, -0.2) is 4.79 Å². The molecule has 0 spiro atoms. The summed E-state index contributed by atoms with van der Waals surface area (Å²) in [4.78, 5) is 11.3. The molecule has 0 bridgehead atoms. The second-order valence-corrected chi connectivity index (χ2v) is 6.81. The molecule has 1 aromatic carbocycles. The summed E-state index contributed by atoms with van der Waals surface area (Å²) in [5.41, 5.74) is 15.2. The minimum Gasteiger partial charge on any atom is -0.444 e. The van der Waals surface area contributed by atoms with Gasteiger partial charge in [0.2, 0.25) is 0 Å². The van der Waals surface area contributed by atoms with Crippen LogP contribution in [0.25, 0.3) is 0 Å². The molecule has 1 heterocycles. The molecule has 7 nitrogen and oxygen atoms in total. The van der Waals surface area contributed by atoms with Gasteiger partial charge in [-0.15, -0.1) is 0 Å². The molecule has 0 atom stereocenters. The molecule has 0 saturated heterocycles. The van der Waals surface area contributed by atoms with Crippen LogP contribution in [0.3, 0.4) is 0 Å². The minimum absolute atomic E-state index is 0.413. The van der Waals surface area contributed by atoms with Gasteiger partial charge in [0.15, 0.2) is 0 Å². The first kappa shape index (κ1) is 20.3. The van der Waals surface area contributed by atoms with Crippen molar-refractivity contribution in [2.75, 3.05) is 11.5 Å². The third-order valence-electron chi connectivity index (χ3n) is 3.38. The zero-order chi connectivity index (χ0) is 19.2. The maximum Gasteiger partial charge on any atom is 0.407 e. The summed E-state index contributed by atoms with van der Waals surface area (Å²) >= 11 is 0. The molecule has 0 aliphatic heterocycles. The van der Waals surface area contributed by atoms with E-state index in [1.54, 1.807) is 16.8 Å². The number of hydrogen-bond acceptors (Lipinski definition) is 5. The fourth-order valence-corrected chi connectivity index (χ4v) is 1.91. The largest absolute Gasteiger partial charge is 0.444 e. The van der Waals surface area contributed by atoms with Gasteiger partial charge in [0, 0.05) is 19.3 Å². The molecule has 0 aliphatic rings. The van der Waals surface area contributed by atoms with Gasteiger partial charge in [0.25, 0.3) is 0 Å². The predicted molar refractivity (Wildman–Crippen MR) is 101 cm³/mol. The summed E-state index contributed by atoms with van der Waals surface area (Å²) in [6.45, 7) is 9.79. The number of anilines is 2. The Morgan fingerprint density at radius 1 is 1.20 bits per heavy atom. The number of aryl methyl sites for hydroxylation is 2. The van der Waals surface area contributed by atoms with Crippen LogP contribution in [-0.2, 0) is 18.3 Å². The summed E-state index contributed by atoms with van der Waals surface area (Å²) in [6, 6.07) is 7.33. The normalized spacial score (nSPS) is 10.6. The van der Waals surface area contributed by atoms with E-state index in [4.69, 9.17) is 16.2 Å². The molecule has 2 rings (SSSR count). The molecule has 138 valence electrons. The topological polar surface area (TPSA) is 108 Å². The van der Waals surface area contributed by atoms with Gasteiger partial charge in [-0.05, 0) is 52.3 Å². The van der Waals surface area contributed by atoms with E-state index in [0.29, 0.717) is 12.2 Å². The molecule has 1 aromatic heterocycles. The Kier molecular flexibility index (Phi) is 6.85. The third kappa shape index (κ3) is 7.15. The maximum absolute atomic E-state index is 11.3. The first-order valence-electron chi connectivity index (χ1n) is 8.06. The fraction of sp³-hybridized carbons (Fsp3) is 0.444. The van der Waals surface area contributed by atoms with Crippen molar-refractivity contribution in [3.63, 3.8) is 0 Å². The quantitative estimate of drug-likeness (QED) is 0.724. The number of nitrogen functional groups attached to an aromatic ring is 2. The molecule has 0 saturated carbocycles. The van der Waals surface area contributed by atoms with Crippen molar-refractivity contribution >= 4 is 17.5 Å². The van der Waals surface area contributed by atoms with Crippen molar-refractivity contribution in [3.8, 4) is 0 Å². The van der Waals surface area contributed by atoms with E-state index in [2.05, 4.69) is 10.4 Å². The Labute approximate surface area is 149 Å². The van der Waals surface area contributed by atoms with Gasteiger partial charge in [-0.2, -0.15) is 5.10 Å². The van der Waals surface area contributed by atoms with Gasteiger partial charge >= 0.3 is 6.09 Å². The molecule has 0 unspecified atom stereocenters. The van der Waals surface area contributed by atoms with Crippen molar-refractivity contribution in [1.82, 2.24) is 15.1 Å². The van der Waals surface area contributed by atoms with Crippen LogP contribution in [-0.4, -0.2) is 21.5 Å². The zero-order valence-electron chi connectivity index (χ0n) is 15.9. The number of carbonyl (C=O) groups excluding carboxylic acids is 1. The summed E-state index contributed by atoms with van der Waals surface area (Å²) in [5, 5.41) is 6.77. The van der Waals surface area contributed by atoms with Gasteiger partial charge in [-0.1, -0.05) is 12.1 Å². The van der Waals surface area contributed by atoms with Gasteiger partial charge in [0.1, 0.15) is 5.60 Å². The SMILES string of the molecule is CC(C)(C)OC(=O)NCc1ccc(N)cc1.Cc1nn(C)c(C)c1N. The number of nitrogens with two attached hydrogens (primary N) is 2. The van der Waals surface area contributed by atoms with Gasteiger partial charge in [0.05, 0.1) is 17.1 Å². The summed E-state index contributed by atoms with van der Waals surface area (Å²) in [7, 11) is 1.89. The van der Waals surface area contributed by atoms with E-state index in [9.17, 15) is 4.79 Å². The zero-order valence-corrected chi connectivity index (χ0v) is 15.9. The highest BCUT2D eigenvalue weighted by molar-refractivity contribution is 5.67. The van der Waals surface area contributed by atoms with E-state index < -0.39 is 11.7 Å². The molecule has 2 aromatic rings. The molecule has 0 fully saturated rings. The maximum atomic E-state index is 11.3. The lowest BCUT2D eigenvalue weighted by molar-refractivity contribution is 0.0523. The number of alkyl carbamates (subject to hydrolysis) is 1. The number of rotatable bonds is 2. The van der Waals surface area contributed by atoms with E-state index in [-0.39, 0.29) is 0 Å². The van der Waals surface area contributed by atoms with Crippen molar-refractivity contribution in [1.29, 1.82) is 0 Å². The highest BCUT2D eigenvalue weighted by Crippen LogP contribution is 2.12. The lowest BCUT2D eigenvalue weighted by atomic mass is 10.2. The first-order valence-corrected chi connectivity index (χ1v) is 8.06. The molecule has 5 N–H and O–H groups in total. The van der Waals surface area contributed by atoms with Crippen LogP contribution in [0.4, 0.5) is 16.2 Å². The summed E-state index contributed by atoms with van der Waals surface area (Å²) in [5.74, 6) is 0. The molecule has 7 heteroatoms. The molecule has 1 amide bonds. The fourth-order valence-electron chi connectivity index (χ4n) is 1.91. The van der Waals surface area contributed by atoms with E-state index >= 15 is 0 Å². The molecular weight excluding hydrogens is 318 g/mol. The van der Waals surface area contributed by atoms with Crippen molar-refractivity contribution in [2.45, 2.75) is 46.8 Å². The number of nitrogens with one attached hydrogen (secondary N) is 1. The Bertz CT molecular complexity index is 677. The average Bonchev–Trinajstić information content (AvgIpc) is 2.72. The molecular formula is C18H29N5O2. The van der Waals surface area contributed by atoms with Gasteiger partial charge < -0.3 is 21.5 Å². The van der Waals surface area contributed by atoms with Crippen LogP contribution in [0.5, 0.6) is 0 Å². The van der Waals surface area contributed by atoms with Crippen LogP contribution in [0.2, 0.25) is 0 Å². The predicted octanol–water partition coefficient (Wildman–Crippen LogP) is 2.91. The van der Waals surface area contributed by atoms with Crippen LogP contribution in [0.1, 0.15) is 37.7 Å². The number of hydrogen-bond donors (Lipinski definition) is 3. The van der Waals surface area contributed by atoms with Crippen LogP contribution in [0, 0.1) is 13.8 Å². The standard InChI is InChI=1S/C12H18N2O2.C6H11N3/c1-12(2,3)16-11(15)14-8-9-4-6-10(13)7-5-9;1-4-6(7)5(2)9(3)8-4/h4-7H,8,13H2,1-3H3,(H,14,15);7H2,1-3H3. The van der Waals surface area contributed by atoms with Crippen molar-refractivity contribution < 1.29 is 9.53 Å². The summed E-state index contributed by atoms with van der Waals surface area (Å²) < 4.78 is 6.89. The average molecular weight is 347 g/mol. The Balaban J connectivity index is 0.000000293. The second kappa shape index (κ2) is 8.41. The number of amides is 1. The Morgan fingerprint density at radius 2 is 1.76 bits per heavy atom. The molecule has 25 heavy (non-hydrogen) atoms. The Hall–Kier alpha value is -2.70. The number of nitrogens with zero attached hydrogens (tertiary/aromatic N) is 2. The first-order chi connectivity index (χ1) is 11.5. The summed E-state index contributed by atoms with van der Waals surface area (Å²) in [6.07, 6.45) is -0.413. The second-order valence-electron chi connectivity index (χ2n) is 6.81. The minimum atomic E-state index is -0.467. The number of aromatic nitrogens is 2. The number of ether oxygens (including phenoxy) is 1. The van der Waals surface area contributed by atoms with E-state index in [0.717, 1.165) is 22.6 Å². The lowest BCUT2D eigenvalue weighted by Gasteiger charge is -2.19. The molecule has 0 aliphatic carbocycles. The van der Waals surface area contributed by atoms with E-state index in [1.165, 1.54) is 0 Å². The smallest absolute Gasteiger partial charge is 0.407 e. The molecule has 0 radical (unpaired) electrons. The number of carbonyl (C=O) groups is 1. The highest BCUT2D eigenvalue weighted by Gasteiger charge is 2.15. The monoisotopic (exact) mass is 347 g/mol. The van der Waals surface area contributed by atoms with Crippen LogP contribution in [0.15, 0.2) is 24.3 Å². The highest BCUT2D eigenvalue weighted by atomic mass is 16.6. The lowest BCUT2D eigenvalue weighted by Crippen LogP contribution is -2.32. The Morgan fingerprint density at radius 3 is 2.12 bits per heavy atom. The van der Waals surface area contributed by atoms with Gasteiger partial charge in [-0.3, -0.25) is 4.68 Å². The van der Waals surface area contributed by atoms with Crippen molar-refractivity contribution in [2.24, 2.45) is 7.05 Å². The van der Waals surface area contributed by atoms with E-state index in [1.807, 2.05) is 53.8 Å². The number of benzene rings is 1. The van der Waals surface area contributed by atoms with Crippen molar-refractivity contribution in [3.05, 3.63) is 41.2 Å².